The monoisotopic (exact) mass is 358 g/mol. The van der Waals surface area contributed by atoms with Gasteiger partial charge in [-0.3, -0.25) is 4.79 Å². The average molecular weight is 359 g/mol. The van der Waals surface area contributed by atoms with Gasteiger partial charge in [-0.2, -0.15) is 0 Å². The van der Waals surface area contributed by atoms with Crippen molar-refractivity contribution in [2.75, 3.05) is 5.32 Å². The predicted molar refractivity (Wildman–Crippen MR) is 89.6 cm³/mol. The largest absolute Gasteiger partial charge is 0.321 e. The van der Waals surface area contributed by atoms with Gasteiger partial charge in [-0.1, -0.05) is 24.3 Å². The van der Waals surface area contributed by atoms with Gasteiger partial charge in [-0.15, -0.1) is 11.3 Å². The number of hydrogen-bond acceptors (Lipinski definition) is 3. The highest BCUT2D eigenvalue weighted by Gasteiger charge is 2.11. The van der Waals surface area contributed by atoms with Crippen LogP contribution in [0.5, 0.6) is 0 Å². The fraction of sp³-hybridized carbons (Fsp3) is 0. The first-order chi connectivity index (χ1) is 10.2. The number of aromatic nitrogens is 1. The number of rotatable bonds is 3. The van der Waals surface area contributed by atoms with Crippen LogP contribution >= 0.6 is 27.3 Å². The number of amides is 1. The van der Waals surface area contributed by atoms with Crippen LogP contribution in [-0.2, 0) is 0 Å². The molecule has 1 amide bonds. The van der Waals surface area contributed by atoms with Crippen LogP contribution in [0, 0.1) is 0 Å². The first kappa shape index (κ1) is 14.0. The summed E-state index contributed by atoms with van der Waals surface area (Å²) in [5.41, 5.74) is 2.39. The van der Waals surface area contributed by atoms with Crippen LogP contribution < -0.4 is 5.32 Å². The van der Waals surface area contributed by atoms with Crippen LogP contribution in [0.4, 0.5) is 5.69 Å². The molecule has 0 bridgehead atoms. The maximum atomic E-state index is 12.3. The highest BCUT2D eigenvalue weighted by molar-refractivity contribution is 9.10. The van der Waals surface area contributed by atoms with E-state index >= 15 is 0 Å². The quantitative estimate of drug-likeness (QED) is 0.681. The fourth-order valence-corrected chi connectivity index (χ4v) is 3.11. The van der Waals surface area contributed by atoms with E-state index < -0.39 is 0 Å². The smallest absolute Gasteiger partial charge is 0.255 e. The van der Waals surface area contributed by atoms with Crippen molar-refractivity contribution < 1.29 is 4.79 Å². The molecule has 1 N–H and O–H groups in total. The number of nitrogens with one attached hydrogen (secondary N) is 1. The van der Waals surface area contributed by atoms with Crippen LogP contribution in [0.15, 0.2) is 64.7 Å². The summed E-state index contributed by atoms with van der Waals surface area (Å²) in [6.07, 6.45) is 1.60. The van der Waals surface area contributed by atoms with Crippen LogP contribution in [0.25, 0.3) is 10.4 Å². The number of anilines is 1. The third-order valence-electron chi connectivity index (χ3n) is 2.95. The van der Waals surface area contributed by atoms with Crippen LogP contribution in [-0.4, -0.2) is 10.9 Å². The molecule has 3 nitrogen and oxygen atoms in total. The zero-order valence-electron chi connectivity index (χ0n) is 10.9. The van der Waals surface area contributed by atoms with E-state index in [-0.39, 0.29) is 5.91 Å². The van der Waals surface area contributed by atoms with Gasteiger partial charge in [-0.05, 0) is 45.6 Å². The van der Waals surface area contributed by atoms with Gasteiger partial charge in [0.05, 0.1) is 0 Å². The number of benzene rings is 1. The maximum absolute atomic E-state index is 12.3. The minimum Gasteiger partial charge on any atom is -0.321 e. The molecule has 0 aliphatic heterocycles. The molecule has 104 valence electrons. The third kappa shape index (κ3) is 3.20. The standard InChI is InChI=1S/C16H11BrN2OS/c17-15-10-11(7-8-18-15)16(20)19-13-5-2-1-4-12(13)14-6-3-9-21-14/h1-10H,(H,19,20). The Bertz CT molecular complexity index is 771. The highest BCUT2D eigenvalue weighted by atomic mass is 79.9. The molecule has 0 fully saturated rings. The molecular formula is C16H11BrN2OS. The number of hydrogen-bond donors (Lipinski definition) is 1. The van der Waals surface area contributed by atoms with Gasteiger partial charge < -0.3 is 5.32 Å². The summed E-state index contributed by atoms with van der Waals surface area (Å²) in [5.74, 6) is -0.151. The van der Waals surface area contributed by atoms with E-state index in [0.717, 1.165) is 16.1 Å². The number of carbonyl (C=O) groups excluding carboxylic acids is 1. The summed E-state index contributed by atoms with van der Waals surface area (Å²) in [6, 6.07) is 15.2. The van der Waals surface area contributed by atoms with Gasteiger partial charge in [0.1, 0.15) is 4.60 Å². The summed E-state index contributed by atoms with van der Waals surface area (Å²) in [5, 5.41) is 4.98. The zero-order chi connectivity index (χ0) is 14.7. The van der Waals surface area contributed by atoms with Gasteiger partial charge in [0.25, 0.3) is 5.91 Å². The lowest BCUT2D eigenvalue weighted by Crippen LogP contribution is -2.12. The first-order valence-corrected chi connectivity index (χ1v) is 7.97. The Morgan fingerprint density at radius 2 is 2.00 bits per heavy atom. The molecule has 0 aliphatic carbocycles. The Hall–Kier alpha value is -1.98. The zero-order valence-corrected chi connectivity index (χ0v) is 13.3. The molecule has 3 rings (SSSR count). The van der Waals surface area contributed by atoms with Crippen molar-refractivity contribution in [3.05, 3.63) is 70.3 Å². The molecule has 2 heterocycles. The Balaban J connectivity index is 1.90. The Morgan fingerprint density at radius 1 is 1.14 bits per heavy atom. The third-order valence-corrected chi connectivity index (χ3v) is 4.29. The molecular weight excluding hydrogens is 348 g/mol. The second kappa shape index (κ2) is 6.20. The lowest BCUT2D eigenvalue weighted by Gasteiger charge is -2.10. The van der Waals surface area contributed by atoms with Gasteiger partial charge in [-0.25, -0.2) is 4.98 Å². The van der Waals surface area contributed by atoms with Gasteiger partial charge in [0, 0.05) is 27.9 Å². The average Bonchev–Trinajstić information content (AvgIpc) is 3.02. The van der Waals surface area contributed by atoms with E-state index in [1.165, 1.54) is 0 Å². The van der Waals surface area contributed by atoms with Crippen molar-refractivity contribution >= 4 is 38.9 Å². The Labute approximate surface area is 134 Å². The molecule has 21 heavy (non-hydrogen) atoms. The molecule has 0 saturated heterocycles. The van der Waals surface area contributed by atoms with Gasteiger partial charge in [0.2, 0.25) is 0 Å². The summed E-state index contributed by atoms with van der Waals surface area (Å²) < 4.78 is 0.640. The van der Waals surface area contributed by atoms with Crippen molar-refractivity contribution in [3.8, 4) is 10.4 Å². The molecule has 0 spiro atoms. The molecule has 3 aromatic rings. The van der Waals surface area contributed by atoms with Crippen molar-refractivity contribution in [2.45, 2.75) is 0 Å². The normalized spacial score (nSPS) is 10.3. The first-order valence-electron chi connectivity index (χ1n) is 6.30. The second-order valence-corrected chi connectivity index (χ2v) is 6.10. The lowest BCUT2D eigenvalue weighted by molar-refractivity contribution is 0.102. The number of thiophene rings is 1. The van der Waals surface area contributed by atoms with E-state index in [9.17, 15) is 4.79 Å². The van der Waals surface area contributed by atoms with E-state index in [2.05, 4.69) is 26.2 Å². The van der Waals surface area contributed by atoms with Crippen molar-refractivity contribution in [3.63, 3.8) is 0 Å². The summed E-state index contributed by atoms with van der Waals surface area (Å²) >= 11 is 4.92. The minimum absolute atomic E-state index is 0.151. The van der Waals surface area contributed by atoms with Gasteiger partial charge in [0.15, 0.2) is 0 Å². The van der Waals surface area contributed by atoms with Crippen LogP contribution in [0.1, 0.15) is 10.4 Å². The number of carbonyl (C=O) groups is 1. The number of pyridine rings is 1. The topological polar surface area (TPSA) is 42.0 Å². The number of para-hydroxylation sites is 1. The number of nitrogens with zero attached hydrogens (tertiary/aromatic N) is 1. The van der Waals surface area contributed by atoms with E-state index in [1.807, 2.05) is 41.8 Å². The molecule has 0 saturated carbocycles. The van der Waals surface area contributed by atoms with Gasteiger partial charge >= 0.3 is 0 Å². The molecule has 0 radical (unpaired) electrons. The Kier molecular flexibility index (Phi) is 4.13. The maximum Gasteiger partial charge on any atom is 0.255 e. The lowest BCUT2D eigenvalue weighted by atomic mass is 10.1. The SMILES string of the molecule is O=C(Nc1ccccc1-c1cccs1)c1ccnc(Br)c1. The summed E-state index contributed by atoms with van der Waals surface area (Å²) in [7, 11) is 0. The molecule has 1 aromatic carbocycles. The fourth-order valence-electron chi connectivity index (χ4n) is 1.98. The van der Waals surface area contributed by atoms with E-state index in [1.54, 1.807) is 29.7 Å². The van der Waals surface area contributed by atoms with E-state index in [4.69, 9.17) is 0 Å². The number of halogens is 1. The molecule has 0 aliphatic rings. The second-order valence-electron chi connectivity index (χ2n) is 4.34. The molecule has 5 heteroatoms. The highest BCUT2D eigenvalue weighted by Crippen LogP contribution is 2.31. The predicted octanol–water partition coefficient (Wildman–Crippen LogP) is 4.82. The minimum atomic E-state index is -0.151. The van der Waals surface area contributed by atoms with Crippen molar-refractivity contribution in [2.24, 2.45) is 0 Å². The van der Waals surface area contributed by atoms with Crippen LogP contribution in [0.3, 0.4) is 0 Å². The summed E-state index contributed by atoms with van der Waals surface area (Å²) in [6.45, 7) is 0. The van der Waals surface area contributed by atoms with Crippen LogP contribution in [0.2, 0.25) is 0 Å². The molecule has 0 unspecified atom stereocenters. The summed E-state index contributed by atoms with van der Waals surface area (Å²) in [4.78, 5) is 17.5. The molecule has 0 atom stereocenters. The Morgan fingerprint density at radius 3 is 2.76 bits per heavy atom. The molecule has 2 aromatic heterocycles. The van der Waals surface area contributed by atoms with Crippen molar-refractivity contribution in [1.82, 2.24) is 4.98 Å². The van der Waals surface area contributed by atoms with E-state index in [0.29, 0.717) is 10.2 Å². The van der Waals surface area contributed by atoms with Crippen molar-refractivity contribution in [1.29, 1.82) is 0 Å².